The number of aromatic nitrogens is 3. The van der Waals surface area contributed by atoms with Gasteiger partial charge in [0.1, 0.15) is 11.8 Å². The molecule has 2 heterocycles. The van der Waals surface area contributed by atoms with E-state index < -0.39 is 11.9 Å². The lowest BCUT2D eigenvalue weighted by molar-refractivity contribution is -0.115. The summed E-state index contributed by atoms with van der Waals surface area (Å²) >= 11 is 1.55. The Kier molecular flexibility index (Phi) is 5.51. The van der Waals surface area contributed by atoms with Crippen LogP contribution in [0.5, 0.6) is 5.75 Å². The summed E-state index contributed by atoms with van der Waals surface area (Å²) in [6.07, 6.45) is 0.925. The summed E-state index contributed by atoms with van der Waals surface area (Å²) < 4.78 is 7.47. The minimum Gasteiger partial charge on any atom is -0.494 e. The SMILES string of the molecule is CCCOc1cccc(C2C(C(N)=O)=C(C)Nc3nc(SCC)nn32)c1. The standard InChI is InChI=1S/C18H23N5O2S/c1-4-9-25-13-8-6-7-12(10-13)15-14(16(19)24)11(3)20-17-21-18(26-5-2)22-23(15)17/h6-8,10,15H,4-5,9H2,1-3H3,(H2,19,24)(H,20,21,22). The average molecular weight is 373 g/mol. The van der Waals surface area contributed by atoms with Crippen LogP contribution in [0.1, 0.15) is 38.8 Å². The third-order valence-corrected chi connectivity index (χ3v) is 4.74. The third-order valence-electron chi connectivity index (χ3n) is 4.02. The fourth-order valence-electron chi connectivity index (χ4n) is 2.94. The zero-order valence-corrected chi connectivity index (χ0v) is 16.0. The Hall–Kier alpha value is -2.48. The van der Waals surface area contributed by atoms with Crippen LogP contribution in [0.3, 0.4) is 0 Å². The number of hydrogen-bond donors (Lipinski definition) is 2. The van der Waals surface area contributed by atoms with Crippen LogP contribution >= 0.6 is 11.8 Å². The maximum atomic E-state index is 12.2. The van der Waals surface area contributed by atoms with E-state index in [1.54, 1.807) is 16.4 Å². The molecule has 7 nitrogen and oxygen atoms in total. The van der Waals surface area contributed by atoms with Gasteiger partial charge in [-0.1, -0.05) is 37.7 Å². The number of anilines is 1. The van der Waals surface area contributed by atoms with Crippen LogP contribution < -0.4 is 15.8 Å². The lowest BCUT2D eigenvalue weighted by Crippen LogP contribution is -2.31. The number of benzene rings is 1. The van der Waals surface area contributed by atoms with Crippen LogP contribution in [-0.4, -0.2) is 33.0 Å². The van der Waals surface area contributed by atoms with Crippen molar-refractivity contribution in [2.75, 3.05) is 17.7 Å². The van der Waals surface area contributed by atoms with Crippen molar-refractivity contribution in [3.8, 4) is 5.75 Å². The quantitative estimate of drug-likeness (QED) is 0.725. The number of primary amides is 1. The molecule has 0 aliphatic carbocycles. The molecule has 3 rings (SSSR count). The van der Waals surface area contributed by atoms with Gasteiger partial charge in [-0.05, 0) is 36.8 Å². The number of allylic oxidation sites excluding steroid dienone is 1. The molecule has 1 aromatic carbocycles. The van der Waals surface area contributed by atoms with Gasteiger partial charge in [-0.2, -0.15) is 4.98 Å². The summed E-state index contributed by atoms with van der Waals surface area (Å²) in [5.74, 6) is 1.75. The number of thioether (sulfide) groups is 1. The Morgan fingerprint density at radius 1 is 1.42 bits per heavy atom. The first-order chi connectivity index (χ1) is 12.5. The zero-order chi connectivity index (χ0) is 18.7. The summed E-state index contributed by atoms with van der Waals surface area (Å²) in [5, 5.41) is 8.39. The van der Waals surface area contributed by atoms with E-state index in [0.717, 1.165) is 23.5 Å². The lowest BCUT2D eigenvalue weighted by atomic mass is 9.95. The fraction of sp³-hybridized carbons (Fsp3) is 0.389. The van der Waals surface area contributed by atoms with Crippen molar-refractivity contribution in [3.63, 3.8) is 0 Å². The molecule has 1 aliphatic heterocycles. The largest absolute Gasteiger partial charge is 0.494 e. The first-order valence-corrected chi connectivity index (χ1v) is 9.63. The van der Waals surface area contributed by atoms with Crippen molar-refractivity contribution in [3.05, 3.63) is 41.1 Å². The van der Waals surface area contributed by atoms with E-state index in [-0.39, 0.29) is 0 Å². The molecule has 0 radical (unpaired) electrons. The minimum atomic E-state index is -0.481. The number of ether oxygens (including phenoxy) is 1. The Labute approximate surface area is 157 Å². The highest BCUT2D eigenvalue weighted by atomic mass is 32.2. The number of rotatable bonds is 7. The van der Waals surface area contributed by atoms with E-state index in [2.05, 4.69) is 22.3 Å². The normalized spacial score (nSPS) is 16.2. The molecular weight excluding hydrogens is 350 g/mol. The molecule has 1 amide bonds. The molecule has 0 saturated heterocycles. The van der Waals surface area contributed by atoms with Crippen LogP contribution in [0.4, 0.5) is 5.95 Å². The average Bonchev–Trinajstić information content (AvgIpc) is 3.01. The summed E-state index contributed by atoms with van der Waals surface area (Å²) in [5.41, 5.74) is 7.74. The fourth-order valence-corrected chi connectivity index (χ4v) is 3.50. The van der Waals surface area contributed by atoms with E-state index in [1.807, 2.05) is 38.1 Å². The molecule has 0 saturated carbocycles. The van der Waals surface area contributed by atoms with E-state index in [1.165, 1.54) is 0 Å². The van der Waals surface area contributed by atoms with E-state index >= 15 is 0 Å². The highest BCUT2D eigenvalue weighted by Crippen LogP contribution is 2.36. The van der Waals surface area contributed by atoms with Gasteiger partial charge in [0.15, 0.2) is 0 Å². The van der Waals surface area contributed by atoms with Gasteiger partial charge < -0.3 is 15.8 Å². The second-order valence-electron chi connectivity index (χ2n) is 5.95. The number of hydrogen-bond acceptors (Lipinski definition) is 6. The molecule has 1 atom stereocenters. The molecule has 1 aliphatic rings. The van der Waals surface area contributed by atoms with Crippen molar-refractivity contribution in [1.29, 1.82) is 0 Å². The molecule has 2 aromatic rings. The molecule has 0 fully saturated rings. The summed E-state index contributed by atoms with van der Waals surface area (Å²) in [7, 11) is 0. The van der Waals surface area contributed by atoms with Crippen LogP contribution in [0.25, 0.3) is 0 Å². The van der Waals surface area contributed by atoms with Crippen molar-refractivity contribution < 1.29 is 9.53 Å². The summed E-state index contributed by atoms with van der Waals surface area (Å²) in [6.45, 7) is 6.57. The second kappa shape index (κ2) is 7.82. The highest BCUT2D eigenvalue weighted by molar-refractivity contribution is 7.99. The first-order valence-electron chi connectivity index (χ1n) is 8.64. The Bertz CT molecular complexity index is 846. The van der Waals surface area contributed by atoms with Crippen LogP contribution in [-0.2, 0) is 4.79 Å². The number of nitrogens with zero attached hydrogens (tertiary/aromatic N) is 3. The number of nitrogens with one attached hydrogen (secondary N) is 1. The van der Waals surface area contributed by atoms with Gasteiger partial charge in [-0.3, -0.25) is 4.79 Å². The predicted octanol–water partition coefficient (Wildman–Crippen LogP) is 2.95. The van der Waals surface area contributed by atoms with Crippen molar-refractivity contribution >= 4 is 23.6 Å². The van der Waals surface area contributed by atoms with Gasteiger partial charge in [-0.15, -0.1) is 5.10 Å². The van der Waals surface area contributed by atoms with E-state index in [4.69, 9.17) is 10.5 Å². The lowest BCUT2D eigenvalue weighted by Gasteiger charge is -2.27. The molecule has 1 aromatic heterocycles. The topological polar surface area (TPSA) is 95.1 Å². The highest BCUT2D eigenvalue weighted by Gasteiger charge is 2.33. The number of nitrogens with two attached hydrogens (primary N) is 1. The maximum Gasteiger partial charge on any atom is 0.248 e. The van der Waals surface area contributed by atoms with Crippen LogP contribution in [0, 0.1) is 0 Å². The smallest absolute Gasteiger partial charge is 0.248 e. The first kappa shape index (κ1) is 18.3. The molecule has 8 heteroatoms. The van der Waals surface area contributed by atoms with Gasteiger partial charge >= 0.3 is 0 Å². The number of fused-ring (bicyclic) bond motifs is 1. The number of carbonyl (C=O) groups excluding carboxylic acids is 1. The van der Waals surface area contributed by atoms with Crippen LogP contribution in [0.15, 0.2) is 40.7 Å². The molecule has 26 heavy (non-hydrogen) atoms. The molecular formula is C18H23N5O2S. The van der Waals surface area contributed by atoms with Gasteiger partial charge in [0.25, 0.3) is 0 Å². The molecule has 138 valence electrons. The monoisotopic (exact) mass is 373 g/mol. The molecule has 0 bridgehead atoms. The number of amides is 1. The Balaban J connectivity index is 2.08. The van der Waals surface area contributed by atoms with E-state index in [9.17, 15) is 4.79 Å². The maximum absolute atomic E-state index is 12.2. The van der Waals surface area contributed by atoms with Gasteiger partial charge in [-0.25, -0.2) is 4.68 Å². The van der Waals surface area contributed by atoms with Crippen molar-refractivity contribution in [2.24, 2.45) is 5.73 Å². The van der Waals surface area contributed by atoms with Crippen molar-refractivity contribution in [2.45, 2.75) is 38.4 Å². The molecule has 3 N–H and O–H groups in total. The van der Waals surface area contributed by atoms with Gasteiger partial charge in [0.2, 0.25) is 17.0 Å². The Morgan fingerprint density at radius 2 is 2.23 bits per heavy atom. The molecule has 0 spiro atoms. The minimum absolute atomic E-state index is 0.437. The second-order valence-corrected chi connectivity index (χ2v) is 7.18. The van der Waals surface area contributed by atoms with Crippen LogP contribution in [0.2, 0.25) is 0 Å². The summed E-state index contributed by atoms with van der Waals surface area (Å²) in [4.78, 5) is 16.7. The molecule has 1 unspecified atom stereocenters. The van der Waals surface area contributed by atoms with Gasteiger partial charge in [0.05, 0.1) is 12.2 Å². The van der Waals surface area contributed by atoms with Crippen molar-refractivity contribution in [1.82, 2.24) is 14.8 Å². The number of carbonyl (C=O) groups is 1. The van der Waals surface area contributed by atoms with Gasteiger partial charge in [0, 0.05) is 5.70 Å². The summed E-state index contributed by atoms with van der Waals surface area (Å²) in [6, 6.07) is 7.26. The van der Waals surface area contributed by atoms with E-state index in [0.29, 0.717) is 29.0 Å². The Morgan fingerprint density at radius 3 is 2.92 bits per heavy atom. The third kappa shape index (κ3) is 3.55. The predicted molar refractivity (Wildman–Crippen MR) is 102 cm³/mol. The zero-order valence-electron chi connectivity index (χ0n) is 15.2.